The van der Waals surface area contributed by atoms with Gasteiger partial charge >= 0.3 is 0 Å². The van der Waals surface area contributed by atoms with Crippen molar-refractivity contribution >= 4 is 28.6 Å². The Kier molecular flexibility index (Phi) is 3.93. The van der Waals surface area contributed by atoms with Crippen LogP contribution < -0.4 is 11.1 Å². The summed E-state index contributed by atoms with van der Waals surface area (Å²) in [5.41, 5.74) is 7.00. The number of carbonyl (C=O) groups excluding carboxylic acids is 1. The van der Waals surface area contributed by atoms with E-state index in [0.29, 0.717) is 0 Å². The predicted octanol–water partition coefficient (Wildman–Crippen LogP) is 2.69. The summed E-state index contributed by atoms with van der Waals surface area (Å²) < 4.78 is 0. The molecule has 2 rings (SSSR count). The summed E-state index contributed by atoms with van der Waals surface area (Å²) in [5, 5.41) is 8.87. The summed E-state index contributed by atoms with van der Waals surface area (Å²) in [6.45, 7) is 1.96. The van der Waals surface area contributed by atoms with Crippen molar-refractivity contribution in [2.45, 2.75) is 19.0 Å². The maximum absolute atomic E-state index is 11.9. The van der Waals surface area contributed by atoms with E-state index in [2.05, 4.69) is 5.32 Å². The highest BCUT2D eigenvalue weighted by Crippen LogP contribution is 2.19. The number of carbonyl (C=O) groups is 1. The Bertz CT molecular complexity index is 465. The first-order valence-corrected chi connectivity index (χ1v) is 7.12. The van der Waals surface area contributed by atoms with Crippen molar-refractivity contribution < 1.29 is 4.79 Å². The molecule has 0 bridgehead atoms. The third-order valence-corrected chi connectivity index (χ3v) is 4.19. The van der Waals surface area contributed by atoms with Gasteiger partial charge in [0.05, 0.1) is 6.04 Å². The van der Waals surface area contributed by atoms with E-state index in [4.69, 9.17) is 5.73 Å². The molecule has 0 aliphatic carbocycles. The highest BCUT2D eigenvalue weighted by Gasteiger charge is 2.19. The number of rotatable bonds is 4. The second-order valence-electron chi connectivity index (χ2n) is 3.78. The lowest BCUT2D eigenvalue weighted by molar-refractivity contribution is -0.123. The van der Waals surface area contributed by atoms with Crippen LogP contribution in [0.25, 0.3) is 0 Å². The molecule has 0 aromatic carbocycles. The van der Waals surface area contributed by atoms with Crippen LogP contribution in [0.3, 0.4) is 0 Å². The molecule has 2 atom stereocenters. The predicted molar refractivity (Wildman–Crippen MR) is 72.1 cm³/mol. The SMILES string of the molecule is CC(NC(=O)C(N)c1cccs1)c1ccsc1. The van der Waals surface area contributed by atoms with Gasteiger partial charge in [0, 0.05) is 4.88 Å². The lowest BCUT2D eigenvalue weighted by Gasteiger charge is -2.16. The molecule has 17 heavy (non-hydrogen) atoms. The summed E-state index contributed by atoms with van der Waals surface area (Å²) >= 11 is 3.12. The second-order valence-corrected chi connectivity index (χ2v) is 5.54. The Labute approximate surface area is 108 Å². The largest absolute Gasteiger partial charge is 0.348 e. The third-order valence-electron chi connectivity index (χ3n) is 2.53. The van der Waals surface area contributed by atoms with Gasteiger partial charge in [-0.25, -0.2) is 0 Å². The highest BCUT2D eigenvalue weighted by atomic mass is 32.1. The Morgan fingerprint density at radius 1 is 1.41 bits per heavy atom. The van der Waals surface area contributed by atoms with E-state index in [1.54, 1.807) is 11.3 Å². The van der Waals surface area contributed by atoms with Crippen molar-refractivity contribution in [2.24, 2.45) is 5.73 Å². The molecule has 2 unspecified atom stereocenters. The van der Waals surface area contributed by atoms with Gasteiger partial charge in [-0.1, -0.05) is 6.07 Å². The van der Waals surface area contributed by atoms with Crippen LogP contribution in [-0.2, 0) is 4.79 Å². The van der Waals surface area contributed by atoms with Crippen molar-refractivity contribution in [3.05, 3.63) is 44.8 Å². The maximum Gasteiger partial charge on any atom is 0.242 e. The zero-order valence-corrected chi connectivity index (χ0v) is 11.1. The van der Waals surface area contributed by atoms with Crippen LogP contribution in [0.15, 0.2) is 34.3 Å². The van der Waals surface area contributed by atoms with E-state index in [0.717, 1.165) is 10.4 Å². The number of nitrogens with two attached hydrogens (primary N) is 1. The fourth-order valence-corrected chi connectivity index (χ4v) is 2.98. The quantitative estimate of drug-likeness (QED) is 0.894. The normalized spacial score (nSPS) is 14.2. The van der Waals surface area contributed by atoms with E-state index in [1.165, 1.54) is 11.3 Å². The first-order chi connectivity index (χ1) is 8.18. The number of nitrogens with one attached hydrogen (secondary N) is 1. The van der Waals surface area contributed by atoms with E-state index in [-0.39, 0.29) is 11.9 Å². The number of amides is 1. The molecule has 5 heteroatoms. The van der Waals surface area contributed by atoms with Gasteiger partial charge in [0.2, 0.25) is 5.91 Å². The van der Waals surface area contributed by atoms with Crippen LogP contribution in [0, 0.1) is 0 Å². The minimum absolute atomic E-state index is 0.000220. The molecule has 0 aliphatic rings. The van der Waals surface area contributed by atoms with Gasteiger partial charge < -0.3 is 11.1 Å². The van der Waals surface area contributed by atoms with Gasteiger partial charge in [-0.05, 0) is 40.8 Å². The fraction of sp³-hybridized carbons (Fsp3) is 0.250. The Balaban J connectivity index is 1.98. The molecule has 3 nitrogen and oxygen atoms in total. The number of hydrogen-bond acceptors (Lipinski definition) is 4. The molecule has 2 heterocycles. The average Bonchev–Trinajstić information content (AvgIpc) is 3.00. The molecule has 1 amide bonds. The van der Waals surface area contributed by atoms with Crippen LogP contribution in [0.1, 0.15) is 29.4 Å². The third kappa shape index (κ3) is 2.94. The molecular formula is C12H14N2OS2. The van der Waals surface area contributed by atoms with Crippen molar-refractivity contribution in [2.75, 3.05) is 0 Å². The Morgan fingerprint density at radius 2 is 2.24 bits per heavy atom. The summed E-state index contributed by atoms with van der Waals surface area (Å²) in [6, 6.07) is 5.21. The van der Waals surface area contributed by atoms with Crippen LogP contribution in [0.5, 0.6) is 0 Å². The smallest absolute Gasteiger partial charge is 0.242 e. The minimum atomic E-state index is -0.573. The Morgan fingerprint density at radius 3 is 2.82 bits per heavy atom. The summed E-state index contributed by atoms with van der Waals surface area (Å²) in [6.07, 6.45) is 0. The van der Waals surface area contributed by atoms with Crippen molar-refractivity contribution in [3.63, 3.8) is 0 Å². The molecule has 0 saturated carbocycles. The molecule has 0 spiro atoms. The van der Waals surface area contributed by atoms with Crippen molar-refractivity contribution in [1.29, 1.82) is 0 Å². The monoisotopic (exact) mass is 266 g/mol. The van der Waals surface area contributed by atoms with Gasteiger partial charge in [-0.3, -0.25) is 4.79 Å². The van der Waals surface area contributed by atoms with Gasteiger partial charge in [0.1, 0.15) is 6.04 Å². The molecule has 3 N–H and O–H groups in total. The first kappa shape index (κ1) is 12.3. The van der Waals surface area contributed by atoms with Crippen LogP contribution in [0.4, 0.5) is 0 Å². The van der Waals surface area contributed by atoms with E-state index >= 15 is 0 Å². The molecule has 0 aliphatic heterocycles. The van der Waals surface area contributed by atoms with Crippen molar-refractivity contribution in [1.82, 2.24) is 5.32 Å². The summed E-state index contributed by atoms with van der Waals surface area (Å²) in [7, 11) is 0. The lowest BCUT2D eigenvalue weighted by atomic mass is 10.1. The van der Waals surface area contributed by atoms with Gasteiger partial charge in [0.15, 0.2) is 0 Å². The second kappa shape index (κ2) is 5.44. The van der Waals surface area contributed by atoms with E-state index in [9.17, 15) is 4.79 Å². The van der Waals surface area contributed by atoms with Crippen LogP contribution in [0.2, 0.25) is 0 Å². The van der Waals surface area contributed by atoms with E-state index in [1.807, 2.05) is 41.3 Å². The molecule has 90 valence electrons. The summed E-state index contributed by atoms with van der Waals surface area (Å²) in [4.78, 5) is 12.8. The van der Waals surface area contributed by atoms with E-state index < -0.39 is 6.04 Å². The number of hydrogen-bond donors (Lipinski definition) is 2. The van der Waals surface area contributed by atoms with Crippen LogP contribution in [-0.4, -0.2) is 5.91 Å². The lowest BCUT2D eigenvalue weighted by Crippen LogP contribution is -2.35. The average molecular weight is 266 g/mol. The van der Waals surface area contributed by atoms with Gasteiger partial charge in [0.25, 0.3) is 0 Å². The minimum Gasteiger partial charge on any atom is -0.348 e. The molecule has 0 radical (unpaired) electrons. The first-order valence-electron chi connectivity index (χ1n) is 5.30. The highest BCUT2D eigenvalue weighted by molar-refractivity contribution is 7.10. The summed E-state index contributed by atoms with van der Waals surface area (Å²) in [5.74, 6) is -0.133. The number of thiophene rings is 2. The zero-order valence-electron chi connectivity index (χ0n) is 9.42. The topological polar surface area (TPSA) is 55.1 Å². The van der Waals surface area contributed by atoms with Crippen LogP contribution >= 0.6 is 22.7 Å². The molecule has 0 saturated heterocycles. The zero-order chi connectivity index (χ0) is 12.3. The van der Waals surface area contributed by atoms with Crippen molar-refractivity contribution in [3.8, 4) is 0 Å². The fourth-order valence-electron chi connectivity index (χ4n) is 1.51. The van der Waals surface area contributed by atoms with Gasteiger partial charge in [-0.15, -0.1) is 11.3 Å². The maximum atomic E-state index is 11.9. The van der Waals surface area contributed by atoms with Gasteiger partial charge in [-0.2, -0.15) is 11.3 Å². The molecule has 0 fully saturated rings. The Hall–Kier alpha value is -1.17. The molecular weight excluding hydrogens is 252 g/mol. The molecule has 2 aromatic heterocycles. The molecule has 2 aromatic rings. The standard InChI is InChI=1S/C12H14N2OS2/c1-8(9-4-6-16-7-9)14-12(15)11(13)10-3-2-5-17-10/h2-8,11H,13H2,1H3,(H,14,15).